The van der Waals surface area contributed by atoms with Crippen molar-refractivity contribution >= 4 is 51.8 Å². The van der Waals surface area contributed by atoms with E-state index in [1.807, 2.05) is 67.7 Å². The smallest absolute Gasteiger partial charge is 0.224 e. The molecule has 0 spiro atoms. The van der Waals surface area contributed by atoms with Crippen molar-refractivity contribution in [2.75, 3.05) is 19.4 Å². The Balaban J connectivity index is 2.02. The van der Waals surface area contributed by atoms with E-state index >= 15 is 0 Å². The number of nitrogens with one attached hydrogen (secondary N) is 1. The Hall–Kier alpha value is -2.89. The van der Waals surface area contributed by atoms with Crippen LogP contribution in [0, 0.1) is 0 Å². The molecule has 0 radical (unpaired) electrons. The molecule has 3 aromatic rings. The monoisotopic (exact) mass is 426 g/mol. The SMILES string of the molecule is CN(C)/C=C(\C=C/C=O)c1ccc2nc(Cl)nc(NCc3cccc(Cl)c3)c2c1. The van der Waals surface area contributed by atoms with Gasteiger partial charge in [0, 0.05) is 37.2 Å². The third kappa shape index (κ3) is 5.56. The van der Waals surface area contributed by atoms with Crippen molar-refractivity contribution in [3.05, 3.63) is 82.2 Å². The Morgan fingerprint density at radius 1 is 1.14 bits per heavy atom. The fourth-order valence-electron chi connectivity index (χ4n) is 2.88. The lowest BCUT2D eigenvalue weighted by molar-refractivity contribution is -0.104. The lowest BCUT2D eigenvalue weighted by atomic mass is 10.0. The third-order valence-electron chi connectivity index (χ3n) is 4.10. The van der Waals surface area contributed by atoms with Gasteiger partial charge in [-0.1, -0.05) is 29.8 Å². The maximum atomic E-state index is 10.8. The van der Waals surface area contributed by atoms with Crippen molar-refractivity contribution in [3.63, 3.8) is 0 Å². The Morgan fingerprint density at radius 3 is 2.69 bits per heavy atom. The summed E-state index contributed by atoms with van der Waals surface area (Å²) in [7, 11) is 3.85. The number of aromatic nitrogens is 2. The molecule has 5 nitrogen and oxygen atoms in total. The number of rotatable bonds is 7. The van der Waals surface area contributed by atoms with E-state index in [-0.39, 0.29) is 5.28 Å². The van der Waals surface area contributed by atoms with E-state index in [9.17, 15) is 4.79 Å². The number of anilines is 1. The fourth-order valence-corrected chi connectivity index (χ4v) is 3.27. The second-order valence-corrected chi connectivity index (χ2v) is 7.37. The van der Waals surface area contributed by atoms with Crippen LogP contribution in [-0.4, -0.2) is 35.2 Å². The first kappa shape index (κ1) is 20.8. The van der Waals surface area contributed by atoms with Gasteiger partial charge in [0.1, 0.15) is 12.1 Å². The summed E-state index contributed by atoms with van der Waals surface area (Å²) in [6.07, 6.45) is 5.93. The largest absolute Gasteiger partial charge is 0.383 e. The van der Waals surface area contributed by atoms with Gasteiger partial charge >= 0.3 is 0 Å². The highest BCUT2D eigenvalue weighted by Gasteiger charge is 2.10. The molecular formula is C22H20Cl2N4O. The molecule has 29 heavy (non-hydrogen) atoms. The fraction of sp³-hybridized carbons (Fsp3) is 0.136. The molecule has 2 aromatic carbocycles. The zero-order valence-corrected chi connectivity index (χ0v) is 17.6. The third-order valence-corrected chi connectivity index (χ3v) is 4.51. The molecule has 0 aliphatic carbocycles. The van der Waals surface area contributed by atoms with Crippen LogP contribution < -0.4 is 5.32 Å². The molecule has 0 atom stereocenters. The van der Waals surface area contributed by atoms with Gasteiger partial charge in [0.25, 0.3) is 0 Å². The van der Waals surface area contributed by atoms with E-state index in [0.717, 1.165) is 33.9 Å². The first-order valence-corrected chi connectivity index (χ1v) is 9.68. The minimum absolute atomic E-state index is 0.170. The van der Waals surface area contributed by atoms with Gasteiger partial charge in [-0.2, -0.15) is 0 Å². The molecular weight excluding hydrogens is 407 g/mol. The summed E-state index contributed by atoms with van der Waals surface area (Å²) in [6.45, 7) is 0.540. The molecule has 0 saturated carbocycles. The first-order chi connectivity index (χ1) is 14.0. The summed E-state index contributed by atoms with van der Waals surface area (Å²) < 4.78 is 0. The summed E-state index contributed by atoms with van der Waals surface area (Å²) in [6, 6.07) is 13.4. The quantitative estimate of drug-likeness (QED) is 0.243. The molecule has 1 N–H and O–H groups in total. The molecule has 0 bridgehead atoms. The van der Waals surface area contributed by atoms with Crippen LogP contribution in [0.1, 0.15) is 11.1 Å². The number of carbonyl (C=O) groups is 1. The Bertz CT molecular complexity index is 1090. The maximum absolute atomic E-state index is 10.8. The predicted molar refractivity (Wildman–Crippen MR) is 120 cm³/mol. The molecule has 0 fully saturated rings. The Labute approximate surface area is 179 Å². The molecule has 0 aliphatic heterocycles. The highest BCUT2D eigenvalue weighted by atomic mass is 35.5. The Kier molecular flexibility index (Phi) is 6.86. The van der Waals surface area contributed by atoms with Crippen molar-refractivity contribution in [3.8, 4) is 0 Å². The van der Waals surface area contributed by atoms with Crippen molar-refractivity contribution in [2.45, 2.75) is 6.54 Å². The highest BCUT2D eigenvalue weighted by Crippen LogP contribution is 2.27. The Morgan fingerprint density at radius 2 is 1.97 bits per heavy atom. The van der Waals surface area contributed by atoms with Crippen LogP contribution >= 0.6 is 23.2 Å². The number of allylic oxidation sites excluding steroid dienone is 3. The van der Waals surface area contributed by atoms with Crippen LogP contribution in [0.2, 0.25) is 10.3 Å². The van der Waals surface area contributed by atoms with Crippen LogP contribution in [0.3, 0.4) is 0 Å². The van der Waals surface area contributed by atoms with Crippen LogP contribution in [-0.2, 0) is 11.3 Å². The number of hydrogen-bond donors (Lipinski definition) is 1. The maximum Gasteiger partial charge on any atom is 0.224 e. The van der Waals surface area contributed by atoms with Crippen molar-refractivity contribution in [1.29, 1.82) is 0 Å². The predicted octanol–water partition coefficient (Wildman–Crippen LogP) is 5.21. The van der Waals surface area contributed by atoms with Gasteiger partial charge in [0.2, 0.25) is 5.28 Å². The van der Waals surface area contributed by atoms with Crippen LogP contribution in [0.15, 0.2) is 60.8 Å². The summed E-state index contributed by atoms with van der Waals surface area (Å²) in [5, 5.41) is 5.00. The van der Waals surface area contributed by atoms with Gasteiger partial charge in [-0.3, -0.25) is 4.79 Å². The van der Waals surface area contributed by atoms with Gasteiger partial charge in [0.15, 0.2) is 0 Å². The lowest BCUT2D eigenvalue weighted by Crippen LogP contribution is -2.04. The van der Waals surface area contributed by atoms with E-state index in [1.165, 1.54) is 6.08 Å². The van der Waals surface area contributed by atoms with Gasteiger partial charge in [-0.25, -0.2) is 9.97 Å². The number of benzene rings is 2. The number of carbonyl (C=O) groups excluding carboxylic acids is 1. The molecule has 0 aliphatic rings. The number of aldehydes is 1. The molecule has 148 valence electrons. The number of nitrogens with zero attached hydrogens (tertiary/aromatic N) is 3. The van der Waals surface area contributed by atoms with Crippen LogP contribution in [0.5, 0.6) is 0 Å². The summed E-state index contributed by atoms with van der Waals surface area (Å²) in [4.78, 5) is 21.4. The van der Waals surface area contributed by atoms with Gasteiger partial charge in [-0.15, -0.1) is 0 Å². The second kappa shape index (κ2) is 9.54. The molecule has 0 unspecified atom stereocenters. The molecule has 1 aromatic heterocycles. The average Bonchev–Trinajstić information content (AvgIpc) is 2.68. The second-order valence-electron chi connectivity index (χ2n) is 6.60. The van der Waals surface area contributed by atoms with E-state index in [1.54, 1.807) is 6.08 Å². The zero-order chi connectivity index (χ0) is 20.8. The topological polar surface area (TPSA) is 58.1 Å². The van der Waals surface area contributed by atoms with E-state index in [4.69, 9.17) is 23.2 Å². The first-order valence-electron chi connectivity index (χ1n) is 8.92. The standard InChI is InChI=1S/C22H20Cl2N4O/c1-28(2)14-17(6-4-10-29)16-8-9-20-19(12-16)21(27-22(24)26-20)25-13-15-5-3-7-18(23)11-15/h3-12,14H,13H2,1-2H3,(H,25,26,27)/b6-4-,17-14+. The van der Waals surface area contributed by atoms with Gasteiger partial charge in [0.05, 0.1) is 5.52 Å². The normalized spacial score (nSPS) is 11.8. The summed E-state index contributed by atoms with van der Waals surface area (Å²) in [5.74, 6) is 0.630. The average molecular weight is 427 g/mol. The van der Waals surface area contributed by atoms with Gasteiger partial charge in [-0.05, 0) is 64.7 Å². The minimum Gasteiger partial charge on any atom is -0.383 e. The lowest BCUT2D eigenvalue weighted by Gasteiger charge is -2.13. The number of halogens is 2. The van der Waals surface area contributed by atoms with E-state index in [0.29, 0.717) is 17.4 Å². The minimum atomic E-state index is 0.170. The van der Waals surface area contributed by atoms with Gasteiger partial charge < -0.3 is 10.2 Å². The number of fused-ring (bicyclic) bond motifs is 1. The molecule has 3 rings (SSSR count). The highest BCUT2D eigenvalue weighted by molar-refractivity contribution is 6.30. The van der Waals surface area contributed by atoms with Crippen LogP contribution in [0.25, 0.3) is 16.5 Å². The van der Waals surface area contributed by atoms with Crippen molar-refractivity contribution < 1.29 is 4.79 Å². The van der Waals surface area contributed by atoms with Crippen molar-refractivity contribution in [2.24, 2.45) is 0 Å². The van der Waals surface area contributed by atoms with Crippen molar-refractivity contribution in [1.82, 2.24) is 14.9 Å². The van der Waals surface area contributed by atoms with Crippen LogP contribution in [0.4, 0.5) is 5.82 Å². The summed E-state index contributed by atoms with van der Waals surface area (Å²) >= 11 is 12.2. The molecule has 7 heteroatoms. The molecule has 0 saturated heterocycles. The summed E-state index contributed by atoms with van der Waals surface area (Å²) in [5.41, 5.74) is 3.57. The van der Waals surface area contributed by atoms with E-state index < -0.39 is 0 Å². The number of hydrogen-bond acceptors (Lipinski definition) is 5. The molecule has 1 heterocycles. The van der Waals surface area contributed by atoms with E-state index in [2.05, 4.69) is 15.3 Å². The molecule has 0 amide bonds. The zero-order valence-electron chi connectivity index (χ0n) is 16.1.